The number of amides is 2. The minimum Gasteiger partial charge on any atom is -0.454 e. The number of aromatic nitrogens is 2. The maximum Gasteiger partial charge on any atom is 0.276 e. The number of hydrogen-bond donors (Lipinski definition) is 1. The van der Waals surface area contributed by atoms with Gasteiger partial charge in [0, 0.05) is 12.6 Å². The summed E-state index contributed by atoms with van der Waals surface area (Å²) in [4.78, 5) is 28.9. The quantitative estimate of drug-likeness (QED) is 0.550. The Labute approximate surface area is 202 Å². The minimum atomic E-state index is -0.817. The summed E-state index contributed by atoms with van der Waals surface area (Å²) < 4.78 is 19.1. The van der Waals surface area contributed by atoms with Gasteiger partial charge in [-0.15, -0.1) is 0 Å². The van der Waals surface area contributed by atoms with Gasteiger partial charge in [-0.2, -0.15) is 8.75 Å². The van der Waals surface area contributed by atoms with Gasteiger partial charge in [-0.1, -0.05) is 55.7 Å². The molecule has 34 heavy (non-hydrogen) atoms. The van der Waals surface area contributed by atoms with Gasteiger partial charge in [0.15, 0.2) is 17.2 Å². The Morgan fingerprint density at radius 3 is 2.62 bits per heavy atom. The van der Waals surface area contributed by atoms with Crippen molar-refractivity contribution < 1.29 is 19.1 Å². The first-order valence-corrected chi connectivity index (χ1v) is 12.2. The molecule has 176 valence electrons. The Kier molecular flexibility index (Phi) is 6.71. The zero-order valence-corrected chi connectivity index (χ0v) is 19.5. The lowest BCUT2D eigenvalue weighted by molar-refractivity contribution is -0.127. The number of nitrogens with one attached hydrogen (secondary N) is 1. The molecule has 0 spiro atoms. The summed E-state index contributed by atoms with van der Waals surface area (Å²) in [7, 11) is 0. The fraction of sp³-hybridized carbons (Fsp3) is 0.360. The van der Waals surface area contributed by atoms with E-state index in [9.17, 15) is 9.59 Å². The van der Waals surface area contributed by atoms with Gasteiger partial charge in [0.25, 0.3) is 5.91 Å². The second-order valence-electron chi connectivity index (χ2n) is 8.57. The third kappa shape index (κ3) is 4.89. The Morgan fingerprint density at radius 2 is 1.85 bits per heavy atom. The van der Waals surface area contributed by atoms with Crippen LogP contribution in [-0.4, -0.2) is 38.3 Å². The molecule has 1 atom stereocenters. The molecule has 2 aliphatic rings. The van der Waals surface area contributed by atoms with Gasteiger partial charge in [0.2, 0.25) is 12.7 Å². The SMILES string of the molecule is O=C(NC1CCCCC1)[C@H](c1ccccc1)N(Cc1ccc2c(c1)OCO2)C(=O)c1cnsn1. The van der Waals surface area contributed by atoms with Gasteiger partial charge in [0.1, 0.15) is 6.04 Å². The number of ether oxygens (including phenoxy) is 2. The summed E-state index contributed by atoms with van der Waals surface area (Å²) >= 11 is 0.968. The topological polar surface area (TPSA) is 93.7 Å². The highest BCUT2D eigenvalue weighted by Crippen LogP contribution is 2.34. The zero-order valence-electron chi connectivity index (χ0n) is 18.7. The smallest absolute Gasteiger partial charge is 0.276 e. The summed E-state index contributed by atoms with van der Waals surface area (Å²) in [6, 6.07) is 14.3. The summed E-state index contributed by atoms with van der Waals surface area (Å²) in [5.74, 6) is 0.762. The fourth-order valence-electron chi connectivity index (χ4n) is 4.56. The van der Waals surface area contributed by atoms with Crippen molar-refractivity contribution in [2.24, 2.45) is 0 Å². The molecule has 5 rings (SSSR count). The van der Waals surface area contributed by atoms with E-state index >= 15 is 0 Å². The van der Waals surface area contributed by atoms with Crippen LogP contribution in [0.25, 0.3) is 0 Å². The molecule has 3 aromatic rings. The normalized spacial score (nSPS) is 16.1. The molecule has 0 unspecified atom stereocenters. The lowest BCUT2D eigenvalue weighted by Crippen LogP contribution is -2.47. The molecule has 1 aliphatic carbocycles. The molecule has 1 aliphatic heterocycles. The molecule has 1 aromatic heterocycles. The van der Waals surface area contributed by atoms with Crippen molar-refractivity contribution in [1.82, 2.24) is 19.0 Å². The van der Waals surface area contributed by atoms with Crippen LogP contribution in [0.5, 0.6) is 11.5 Å². The van der Waals surface area contributed by atoms with Crippen LogP contribution in [-0.2, 0) is 11.3 Å². The molecule has 1 fully saturated rings. The van der Waals surface area contributed by atoms with E-state index in [0.29, 0.717) is 11.5 Å². The number of nitrogens with zero attached hydrogens (tertiary/aromatic N) is 3. The summed E-state index contributed by atoms with van der Waals surface area (Å²) in [6.45, 7) is 0.368. The second-order valence-corrected chi connectivity index (χ2v) is 9.13. The maximum atomic E-state index is 13.7. The lowest BCUT2D eigenvalue weighted by Gasteiger charge is -2.33. The molecule has 2 heterocycles. The van der Waals surface area contributed by atoms with E-state index in [1.165, 1.54) is 12.6 Å². The fourth-order valence-corrected chi connectivity index (χ4v) is 4.96. The number of carbonyl (C=O) groups is 2. The predicted molar refractivity (Wildman–Crippen MR) is 127 cm³/mol. The Morgan fingerprint density at radius 1 is 1.06 bits per heavy atom. The van der Waals surface area contributed by atoms with E-state index in [1.54, 1.807) is 4.90 Å². The standard InChI is InChI=1S/C25H26N4O4S/c30-24(27-19-9-5-2-6-10-19)23(18-7-3-1-4-8-18)29(25(31)20-14-26-34-28-20)15-17-11-12-21-22(13-17)33-16-32-21/h1,3-4,7-8,11-14,19,23H,2,5-6,9-10,15-16H2,(H,27,30)/t23-/m0/s1. The molecule has 0 saturated heterocycles. The second kappa shape index (κ2) is 10.2. The van der Waals surface area contributed by atoms with Crippen LogP contribution in [0.2, 0.25) is 0 Å². The van der Waals surface area contributed by atoms with Gasteiger partial charge in [-0.05, 0) is 36.1 Å². The van der Waals surface area contributed by atoms with Gasteiger partial charge in [0.05, 0.1) is 17.9 Å². The number of carbonyl (C=O) groups excluding carboxylic acids is 2. The van der Waals surface area contributed by atoms with Crippen molar-refractivity contribution in [3.63, 3.8) is 0 Å². The number of fused-ring (bicyclic) bond motifs is 1. The van der Waals surface area contributed by atoms with Crippen molar-refractivity contribution in [3.8, 4) is 11.5 Å². The molecular weight excluding hydrogens is 452 g/mol. The first kappa shape index (κ1) is 22.3. The van der Waals surface area contributed by atoms with Crippen LogP contribution in [0.15, 0.2) is 54.7 Å². The van der Waals surface area contributed by atoms with Crippen LogP contribution in [0.3, 0.4) is 0 Å². The average molecular weight is 479 g/mol. The Balaban J connectivity index is 1.50. The van der Waals surface area contributed by atoms with E-state index < -0.39 is 6.04 Å². The third-order valence-electron chi connectivity index (χ3n) is 6.26. The zero-order chi connectivity index (χ0) is 23.3. The first-order valence-electron chi connectivity index (χ1n) is 11.5. The van der Waals surface area contributed by atoms with Crippen LogP contribution in [0.1, 0.15) is 59.8 Å². The van der Waals surface area contributed by atoms with Crippen molar-refractivity contribution >= 4 is 23.5 Å². The lowest BCUT2D eigenvalue weighted by atomic mass is 9.94. The van der Waals surface area contributed by atoms with Crippen LogP contribution >= 0.6 is 11.7 Å². The number of hydrogen-bond acceptors (Lipinski definition) is 7. The summed E-state index contributed by atoms with van der Waals surface area (Å²) in [5.41, 5.74) is 1.79. The van der Waals surface area contributed by atoms with Crippen LogP contribution < -0.4 is 14.8 Å². The van der Waals surface area contributed by atoms with Gasteiger partial charge in [-0.25, -0.2) is 0 Å². The van der Waals surface area contributed by atoms with E-state index in [2.05, 4.69) is 14.1 Å². The van der Waals surface area contributed by atoms with E-state index in [0.717, 1.165) is 48.5 Å². The average Bonchev–Trinajstić information content (AvgIpc) is 3.57. The van der Waals surface area contributed by atoms with Crippen LogP contribution in [0.4, 0.5) is 0 Å². The molecule has 1 N–H and O–H groups in total. The van der Waals surface area contributed by atoms with Crippen LogP contribution in [0, 0.1) is 0 Å². The number of rotatable bonds is 7. The molecule has 0 radical (unpaired) electrons. The van der Waals surface area contributed by atoms with Gasteiger partial charge < -0.3 is 19.7 Å². The molecule has 9 heteroatoms. The molecule has 8 nitrogen and oxygen atoms in total. The van der Waals surface area contributed by atoms with E-state index in [1.807, 2.05) is 48.5 Å². The highest BCUT2D eigenvalue weighted by molar-refractivity contribution is 6.99. The van der Waals surface area contributed by atoms with Crippen molar-refractivity contribution in [1.29, 1.82) is 0 Å². The third-order valence-corrected chi connectivity index (χ3v) is 6.74. The van der Waals surface area contributed by atoms with Gasteiger partial charge >= 0.3 is 0 Å². The Hall–Kier alpha value is -3.46. The minimum absolute atomic E-state index is 0.121. The van der Waals surface area contributed by atoms with Crippen molar-refractivity contribution in [3.05, 3.63) is 71.5 Å². The van der Waals surface area contributed by atoms with Crippen molar-refractivity contribution in [2.75, 3.05) is 6.79 Å². The van der Waals surface area contributed by atoms with Crippen molar-refractivity contribution in [2.45, 2.75) is 50.7 Å². The summed E-state index contributed by atoms with van der Waals surface area (Å²) in [6.07, 6.45) is 6.76. The predicted octanol–water partition coefficient (Wildman–Crippen LogP) is 4.10. The largest absolute Gasteiger partial charge is 0.454 e. The van der Waals surface area contributed by atoms with E-state index in [4.69, 9.17) is 9.47 Å². The molecular formula is C25H26N4O4S. The monoisotopic (exact) mass is 478 g/mol. The van der Waals surface area contributed by atoms with Gasteiger partial charge in [-0.3, -0.25) is 9.59 Å². The highest BCUT2D eigenvalue weighted by atomic mass is 32.1. The van der Waals surface area contributed by atoms with E-state index in [-0.39, 0.29) is 36.9 Å². The molecule has 2 amide bonds. The molecule has 2 aromatic carbocycles. The highest BCUT2D eigenvalue weighted by Gasteiger charge is 2.34. The first-order chi connectivity index (χ1) is 16.7. The summed E-state index contributed by atoms with van der Waals surface area (Å²) in [5, 5.41) is 3.21. The molecule has 1 saturated carbocycles. The number of benzene rings is 2. The molecule has 0 bridgehead atoms. The Bertz CT molecular complexity index is 1130. The maximum absolute atomic E-state index is 13.7.